The van der Waals surface area contributed by atoms with Crippen LogP contribution in [0.25, 0.3) is 11.2 Å². The Balaban J connectivity index is 2.07. The third-order valence-electron chi connectivity index (χ3n) is 2.20. The van der Waals surface area contributed by atoms with E-state index in [9.17, 15) is 0 Å². The number of rotatable bonds is 2. The molecule has 0 aliphatic rings. The molecule has 0 amide bonds. The summed E-state index contributed by atoms with van der Waals surface area (Å²) in [6.07, 6.45) is 1.51. The minimum absolute atomic E-state index is 0.124. The monoisotopic (exact) mass is 275 g/mol. The van der Waals surface area contributed by atoms with Crippen LogP contribution in [0.15, 0.2) is 22.6 Å². The number of fused-ring (bicyclic) bond motifs is 1. The molecule has 10 heteroatoms. The summed E-state index contributed by atoms with van der Waals surface area (Å²) in [4.78, 5) is 23.2. The molecule has 19 heavy (non-hydrogen) atoms. The van der Waals surface area contributed by atoms with Crippen molar-refractivity contribution in [2.45, 2.75) is 10.2 Å². The zero-order chi connectivity index (χ0) is 13.4. The van der Waals surface area contributed by atoms with Gasteiger partial charge in [-0.3, -0.25) is 0 Å². The normalized spacial score (nSPS) is 10.9. The summed E-state index contributed by atoms with van der Waals surface area (Å²) in [6.45, 7) is 0. The van der Waals surface area contributed by atoms with Gasteiger partial charge in [-0.25, -0.2) is 19.9 Å². The van der Waals surface area contributed by atoms with Gasteiger partial charge in [0.25, 0.3) is 0 Å². The number of imidazole rings is 1. The first-order valence-corrected chi connectivity index (χ1v) is 5.98. The molecule has 0 spiro atoms. The molecule has 0 saturated heterocycles. The van der Waals surface area contributed by atoms with Crippen LogP contribution in [0, 0.1) is 0 Å². The van der Waals surface area contributed by atoms with Crippen molar-refractivity contribution < 1.29 is 0 Å². The molecule has 3 aromatic heterocycles. The fourth-order valence-electron chi connectivity index (χ4n) is 1.49. The summed E-state index contributed by atoms with van der Waals surface area (Å²) in [6, 6.07) is 1.48. The Hall–Kier alpha value is -2.62. The first-order valence-electron chi connectivity index (χ1n) is 5.16. The number of hydrogen-bond donors (Lipinski definition) is 4. The van der Waals surface area contributed by atoms with Gasteiger partial charge in [-0.2, -0.15) is 4.98 Å². The second kappa shape index (κ2) is 4.24. The molecule has 0 aliphatic heterocycles. The Morgan fingerprint density at radius 1 is 1.00 bits per heavy atom. The van der Waals surface area contributed by atoms with E-state index in [1.165, 1.54) is 24.2 Å². The van der Waals surface area contributed by atoms with Crippen molar-refractivity contribution in [3.05, 3.63) is 12.4 Å². The van der Waals surface area contributed by atoms with Gasteiger partial charge in [0.1, 0.15) is 22.2 Å². The Bertz CT molecular complexity index is 732. The average Bonchev–Trinajstić information content (AvgIpc) is 2.75. The topological polar surface area (TPSA) is 158 Å². The highest BCUT2D eigenvalue weighted by Gasteiger charge is 2.12. The van der Waals surface area contributed by atoms with Gasteiger partial charge in [0.05, 0.1) is 6.33 Å². The van der Waals surface area contributed by atoms with Crippen molar-refractivity contribution in [1.82, 2.24) is 29.9 Å². The van der Waals surface area contributed by atoms with Crippen molar-refractivity contribution in [3.63, 3.8) is 0 Å². The molecule has 0 aromatic carbocycles. The Morgan fingerprint density at radius 3 is 2.47 bits per heavy atom. The zero-order valence-corrected chi connectivity index (χ0v) is 10.3. The lowest BCUT2D eigenvalue weighted by atomic mass is 10.5. The van der Waals surface area contributed by atoms with E-state index in [-0.39, 0.29) is 17.6 Å². The van der Waals surface area contributed by atoms with E-state index in [4.69, 9.17) is 17.2 Å². The van der Waals surface area contributed by atoms with Crippen molar-refractivity contribution >= 4 is 40.5 Å². The van der Waals surface area contributed by atoms with Gasteiger partial charge in [0.15, 0.2) is 10.8 Å². The summed E-state index contributed by atoms with van der Waals surface area (Å²) in [5, 5.41) is 0.941. The molecule has 0 aliphatic carbocycles. The van der Waals surface area contributed by atoms with Gasteiger partial charge in [0.2, 0.25) is 5.95 Å². The molecule has 0 unspecified atom stereocenters. The van der Waals surface area contributed by atoms with E-state index in [0.29, 0.717) is 21.3 Å². The highest BCUT2D eigenvalue weighted by Crippen LogP contribution is 2.29. The number of H-pyrrole nitrogens is 1. The molecular weight excluding hydrogens is 266 g/mol. The van der Waals surface area contributed by atoms with E-state index in [1.807, 2.05) is 0 Å². The van der Waals surface area contributed by atoms with Gasteiger partial charge in [-0.05, 0) is 11.8 Å². The van der Waals surface area contributed by atoms with Gasteiger partial charge >= 0.3 is 0 Å². The summed E-state index contributed by atoms with van der Waals surface area (Å²) >= 11 is 1.18. The quantitative estimate of drug-likeness (QED) is 0.374. The predicted molar refractivity (Wildman–Crippen MR) is 71.1 cm³/mol. The molecule has 3 rings (SSSR count). The second-order valence-electron chi connectivity index (χ2n) is 3.59. The minimum Gasteiger partial charge on any atom is -0.383 e. The molecule has 0 bridgehead atoms. The van der Waals surface area contributed by atoms with Crippen molar-refractivity contribution in [2.75, 3.05) is 17.2 Å². The molecule has 3 heterocycles. The third kappa shape index (κ3) is 2.20. The Kier molecular flexibility index (Phi) is 2.56. The maximum absolute atomic E-state index is 5.62. The Morgan fingerprint density at radius 2 is 1.74 bits per heavy atom. The molecule has 96 valence electrons. The molecule has 0 fully saturated rings. The summed E-state index contributed by atoms with van der Waals surface area (Å²) in [5.41, 5.74) is 18.0. The number of nitrogen functional groups attached to an aromatic ring is 3. The number of aromatic amines is 1. The SMILES string of the molecule is Nc1cc(N)nc(Sc2nc(N)nc3nc[nH]c23)n1. The fraction of sp³-hybridized carbons (Fsp3) is 0. The predicted octanol–water partition coefficient (Wildman–Crippen LogP) is 0.0407. The van der Waals surface area contributed by atoms with E-state index < -0.39 is 0 Å². The van der Waals surface area contributed by atoms with Crippen LogP contribution in [0.2, 0.25) is 0 Å². The number of hydrogen-bond acceptors (Lipinski definition) is 9. The molecule has 0 radical (unpaired) electrons. The van der Waals surface area contributed by atoms with E-state index in [1.54, 1.807) is 0 Å². The summed E-state index contributed by atoms with van der Waals surface area (Å²) < 4.78 is 0. The number of anilines is 3. The van der Waals surface area contributed by atoms with Crippen LogP contribution in [0.5, 0.6) is 0 Å². The molecule has 9 nitrogen and oxygen atoms in total. The second-order valence-corrected chi connectivity index (χ2v) is 4.55. The van der Waals surface area contributed by atoms with Crippen LogP contribution in [0.1, 0.15) is 0 Å². The minimum atomic E-state index is 0.124. The van der Waals surface area contributed by atoms with Crippen LogP contribution >= 0.6 is 11.8 Å². The van der Waals surface area contributed by atoms with Gasteiger partial charge < -0.3 is 22.2 Å². The first-order chi connectivity index (χ1) is 9.11. The average molecular weight is 275 g/mol. The van der Waals surface area contributed by atoms with Gasteiger partial charge in [-0.15, -0.1) is 0 Å². The van der Waals surface area contributed by atoms with Crippen molar-refractivity contribution in [1.29, 1.82) is 0 Å². The van der Waals surface area contributed by atoms with Crippen LogP contribution in [0.4, 0.5) is 17.6 Å². The standard InChI is InChI=1S/C9H9N9S/c10-3-1-4(11)16-9(15-3)19-7-5-6(14-2-13-5)17-8(12)18-7/h1-2H,(H4,10,11,15,16)(H3,12,13,14,17,18). The summed E-state index contributed by atoms with van der Waals surface area (Å²) in [7, 11) is 0. The maximum atomic E-state index is 5.62. The Labute approximate surface area is 111 Å². The lowest BCUT2D eigenvalue weighted by Crippen LogP contribution is -2.01. The van der Waals surface area contributed by atoms with Crippen LogP contribution in [-0.4, -0.2) is 29.9 Å². The molecule has 0 atom stereocenters. The van der Waals surface area contributed by atoms with E-state index in [0.717, 1.165) is 0 Å². The molecular formula is C9H9N9S. The fourth-order valence-corrected chi connectivity index (χ4v) is 2.36. The third-order valence-corrected chi connectivity index (χ3v) is 3.06. The lowest BCUT2D eigenvalue weighted by Gasteiger charge is -2.03. The summed E-state index contributed by atoms with van der Waals surface area (Å²) in [5.74, 6) is 0.703. The number of nitrogens with zero attached hydrogens (tertiary/aromatic N) is 5. The van der Waals surface area contributed by atoms with Crippen molar-refractivity contribution in [3.8, 4) is 0 Å². The number of nitrogens with two attached hydrogens (primary N) is 3. The van der Waals surface area contributed by atoms with Crippen molar-refractivity contribution in [2.24, 2.45) is 0 Å². The highest BCUT2D eigenvalue weighted by molar-refractivity contribution is 7.99. The maximum Gasteiger partial charge on any atom is 0.223 e. The van der Waals surface area contributed by atoms with E-state index in [2.05, 4.69) is 29.9 Å². The van der Waals surface area contributed by atoms with Gasteiger partial charge in [-0.1, -0.05) is 0 Å². The van der Waals surface area contributed by atoms with Crippen LogP contribution in [-0.2, 0) is 0 Å². The molecule has 7 N–H and O–H groups in total. The zero-order valence-electron chi connectivity index (χ0n) is 9.53. The smallest absolute Gasteiger partial charge is 0.223 e. The number of aromatic nitrogens is 6. The highest BCUT2D eigenvalue weighted by atomic mass is 32.2. The van der Waals surface area contributed by atoms with Crippen LogP contribution in [0.3, 0.4) is 0 Å². The van der Waals surface area contributed by atoms with Crippen LogP contribution < -0.4 is 17.2 Å². The first kappa shape index (κ1) is 11.5. The molecule has 0 saturated carbocycles. The van der Waals surface area contributed by atoms with E-state index >= 15 is 0 Å². The van der Waals surface area contributed by atoms with Gasteiger partial charge in [0, 0.05) is 6.07 Å². The largest absolute Gasteiger partial charge is 0.383 e. The number of nitrogens with one attached hydrogen (secondary N) is 1. The molecule has 3 aromatic rings. The lowest BCUT2D eigenvalue weighted by molar-refractivity contribution is 0.977.